The number of carbonyl (C=O) groups is 2. The summed E-state index contributed by atoms with van der Waals surface area (Å²) in [6, 6.07) is 0. The third kappa shape index (κ3) is 7.75. The third-order valence-electron chi connectivity index (χ3n) is 3.99. The summed E-state index contributed by atoms with van der Waals surface area (Å²) in [6.45, 7) is 14.2. The van der Waals surface area contributed by atoms with E-state index in [2.05, 4.69) is 0 Å². The van der Waals surface area contributed by atoms with E-state index in [0.717, 1.165) is 12.8 Å². The van der Waals surface area contributed by atoms with E-state index in [-0.39, 0.29) is 48.5 Å². The molecule has 1 heterocycles. The van der Waals surface area contributed by atoms with Crippen molar-refractivity contribution in [2.75, 3.05) is 13.2 Å². The van der Waals surface area contributed by atoms with Crippen LogP contribution in [0.15, 0.2) is 0 Å². The zero-order chi connectivity index (χ0) is 18.5. The van der Waals surface area contributed by atoms with Gasteiger partial charge in [0.1, 0.15) is 12.4 Å². The lowest BCUT2D eigenvalue weighted by Crippen LogP contribution is -2.29. The predicted molar refractivity (Wildman–Crippen MR) is 92.8 cm³/mol. The summed E-state index contributed by atoms with van der Waals surface area (Å²) in [6.07, 6.45) is 1.89. The maximum absolute atomic E-state index is 12.1. The van der Waals surface area contributed by atoms with Crippen molar-refractivity contribution in [2.24, 2.45) is 11.3 Å². The molecule has 0 spiro atoms. The topological polar surface area (TPSA) is 61.8 Å². The largest absolute Gasteiger partial charge is 0.463 e. The van der Waals surface area contributed by atoms with Crippen LogP contribution in [-0.2, 0) is 23.8 Å². The van der Waals surface area contributed by atoms with Crippen LogP contribution >= 0.6 is 0 Å². The summed E-state index contributed by atoms with van der Waals surface area (Å²) in [5.41, 5.74) is -0.613. The molecule has 1 saturated heterocycles. The van der Waals surface area contributed by atoms with Gasteiger partial charge in [0.05, 0.1) is 30.8 Å². The van der Waals surface area contributed by atoms with Crippen LogP contribution in [0.2, 0.25) is 0 Å². The van der Waals surface area contributed by atoms with Crippen molar-refractivity contribution in [3.8, 4) is 0 Å². The highest BCUT2D eigenvalue weighted by Gasteiger charge is 2.30. The molecule has 1 fully saturated rings. The van der Waals surface area contributed by atoms with Gasteiger partial charge < -0.3 is 14.2 Å². The minimum absolute atomic E-state index is 0.0642. The quantitative estimate of drug-likeness (QED) is 0.662. The zero-order valence-electron chi connectivity index (χ0n) is 16.3. The highest BCUT2D eigenvalue weighted by atomic mass is 16.6. The Kier molecular flexibility index (Phi) is 7.42. The molecule has 3 atom stereocenters. The number of hydrogen-bond donors (Lipinski definition) is 0. The van der Waals surface area contributed by atoms with Crippen molar-refractivity contribution in [3.05, 3.63) is 0 Å². The minimum atomic E-state index is -0.436. The first-order valence-electron chi connectivity index (χ1n) is 8.88. The summed E-state index contributed by atoms with van der Waals surface area (Å²) < 4.78 is 16.9. The van der Waals surface area contributed by atoms with Gasteiger partial charge in [-0.15, -0.1) is 0 Å². The normalized spacial score (nSPS) is 23.1. The van der Waals surface area contributed by atoms with E-state index in [1.54, 1.807) is 6.92 Å². The van der Waals surface area contributed by atoms with E-state index >= 15 is 0 Å². The molecule has 24 heavy (non-hydrogen) atoms. The highest BCUT2D eigenvalue weighted by Crippen LogP contribution is 2.24. The molecule has 0 aliphatic carbocycles. The first-order chi connectivity index (χ1) is 10.9. The lowest BCUT2D eigenvalue weighted by atomic mass is 9.82. The molecule has 1 rings (SSSR count). The van der Waals surface area contributed by atoms with Crippen LogP contribution in [0.25, 0.3) is 0 Å². The molecule has 0 amide bonds. The molecule has 0 radical (unpaired) electrons. The van der Waals surface area contributed by atoms with E-state index in [1.165, 1.54) is 0 Å². The lowest BCUT2D eigenvalue weighted by Gasteiger charge is -2.22. The molecule has 1 aliphatic rings. The van der Waals surface area contributed by atoms with Crippen molar-refractivity contribution >= 4 is 11.8 Å². The minimum Gasteiger partial charge on any atom is -0.463 e. The number of hydrogen-bond acceptors (Lipinski definition) is 5. The highest BCUT2D eigenvalue weighted by molar-refractivity contribution is 5.88. The number of rotatable bonds is 7. The molecule has 3 unspecified atom stereocenters. The van der Waals surface area contributed by atoms with Gasteiger partial charge in [0, 0.05) is 11.3 Å². The number of carbonyl (C=O) groups excluding carboxylic acids is 2. The van der Waals surface area contributed by atoms with Gasteiger partial charge in [0.15, 0.2) is 0 Å². The van der Waals surface area contributed by atoms with Crippen molar-refractivity contribution in [3.63, 3.8) is 0 Å². The fraction of sp³-hybridized carbons (Fsp3) is 0.895. The van der Waals surface area contributed by atoms with Gasteiger partial charge in [-0.2, -0.15) is 0 Å². The molecule has 0 bridgehead atoms. The summed E-state index contributed by atoms with van der Waals surface area (Å²) >= 11 is 0. The third-order valence-corrected chi connectivity index (χ3v) is 3.99. The monoisotopic (exact) mass is 342 g/mol. The molecule has 5 heteroatoms. The molecule has 0 aromatic carbocycles. The Bertz CT molecular complexity index is 430. The van der Waals surface area contributed by atoms with Crippen LogP contribution in [-0.4, -0.2) is 42.8 Å². The van der Waals surface area contributed by atoms with Crippen LogP contribution < -0.4 is 0 Å². The Balaban J connectivity index is 2.27. The Morgan fingerprint density at radius 2 is 1.58 bits per heavy atom. The fourth-order valence-corrected chi connectivity index (χ4v) is 2.69. The number of ketones is 1. The van der Waals surface area contributed by atoms with E-state index in [4.69, 9.17) is 14.2 Å². The van der Waals surface area contributed by atoms with Gasteiger partial charge >= 0.3 is 5.97 Å². The molecule has 0 aromatic heterocycles. The van der Waals surface area contributed by atoms with Crippen LogP contribution in [0.3, 0.4) is 0 Å². The van der Waals surface area contributed by atoms with E-state index in [1.807, 2.05) is 41.5 Å². The van der Waals surface area contributed by atoms with Crippen LogP contribution in [0, 0.1) is 11.3 Å². The maximum Gasteiger partial charge on any atom is 0.306 e. The first-order valence-corrected chi connectivity index (χ1v) is 8.88. The van der Waals surface area contributed by atoms with Gasteiger partial charge in [0.25, 0.3) is 0 Å². The van der Waals surface area contributed by atoms with Crippen LogP contribution in [0.5, 0.6) is 0 Å². The Labute approximate surface area is 146 Å². The zero-order valence-corrected chi connectivity index (χ0v) is 16.3. The molecule has 1 aliphatic heterocycles. The number of esters is 1. The maximum atomic E-state index is 12.1. The molecule has 5 nitrogen and oxygen atoms in total. The smallest absolute Gasteiger partial charge is 0.306 e. The van der Waals surface area contributed by atoms with Crippen molar-refractivity contribution < 1.29 is 23.8 Å². The second kappa shape index (κ2) is 8.43. The molecular weight excluding hydrogens is 308 g/mol. The SMILES string of the molecule is CC(CC(=O)OCC1CCC(COC(C)(C)C)O1)C(=O)C(C)(C)C. The van der Waals surface area contributed by atoms with Crippen molar-refractivity contribution in [1.29, 1.82) is 0 Å². The first kappa shape index (κ1) is 21.1. The molecular formula is C19H34O5. The molecule has 0 aromatic rings. The molecule has 0 saturated carbocycles. The van der Waals surface area contributed by atoms with E-state index in [9.17, 15) is 9.59 Å². The second-order valence-electron chi connectivity index (χ2n) is 8.78. The standard InChI is InChI=1S/C19H34O5/c1-13(17(21)18(2,3)4)10-16(20)22-11-14-8-9-15(24-14)12-23-19(5,6)7/h13-15H,8-12H2,1-7H3. The van der Waals surface area contributed by atoms with E-state index in [0.29, 0.717) is 6.61 Å². The summed E-state index contributed by atoms with van der Waals surface area (Å²) in [4.78, 5) is 24.0. The Morgan fingerprint density at radius 1 is 1.04 bits per heavy atom. The van der Waals surface area contributed by atoms with Crippen LogP contribution in [0.1, 0.15) is 67.7 Å². The Hall–Kier alpha value is -0.940. The lowest BCUT2D eigenvalue weighted by molar-refractivity contribution is -0.151. The Morgan fingerprint density at radius 3 is 2.08 bits per heavy atom. The summed E-state index contributed by atoms with van der Waals surface area (Å²) in [7, 11) is 0. The summed E-state index contributed by atoms with van der Waals surface area (Å²) in [5.74, 6) is -0.580. The van der Waals surface area contributed by atoms with Gasteiger partial charge in [0.2, 0.25) is 0 Å². The molecule has 140 valence electrons. The van der Waals surface area contributed by atoms with Gasteiger partial charge in [-0.05, 0) is 33.6 Å². The van der Waals surface area contributed by atoms with Gasteiger partial charge in [-0.1, -0.05) is 27.7 Å². The average molecular weight is 342 g/mol. The van der Waals surface area contributed by atoms with Gasteiger partial charge in [-0.3, -0.25) is 9.59 Å². The second-order valence-corrected chi connectivity index (χ2v) is 8.78. The number of Topliss-reactive ketones (excluding diaryl/α,β-unsaturated/α-hetero) is 1. The van der Waals surface area contributed by atoms with Crippen LogP contribution in [0.4, 0.5) is 0 Å². The predicted octanol–water partition coefficient (Wildman–Crippen LogP) is 3.53. The summed E-state index contributed by atoms with van der Waals surface area (Å²) in [5, 5.41) is 0. The van der Waals surface area contributed by atoms with Crippen molar-refractivity contribution in [2.45, 2.75) is 85.5 Å². The number of ether oxygens (including phenoxy) is 3. The average Bonchev–Trinajstić information content (AvgIpc) is 2.88. The van der Waals surface area contributed by atoms with E-state index < -0.39 is 5.41 Å². The van der Waals surface area contributed by atoms with Crippen molar-refractivity contribution in [1.82, 2.24) is 0 Å². The fourth-order valence-electron chi connectivity index (χ4n) is 2.69. The molecule has 0 N–H and O–H groups in total. The van der Waals surface area contributed by atoms with Gasteiger partial charge in [-0.25, -0.2) is 0 Å².